The molecule has 6 aliphatic rings. The van der Waals surface area contributed by atoms with Gasteiger partial charge in [-0.05, 0) is 257 Å². The van der Waals surface area contributed by atoms with Crippen molar-refractivity contribution in [2.45, 2.75) is 6.92 Å². The first kappa shape index (κ1) is 101. The minimum Gasteiger partial charge on any atom is -0.462 e. The normalized spacial score (nSPS) is 14.3. The number of carbonyl (C=O) groups excluding carboxylic acids is 18. The van der Waals surface area contributed by atoms with E-state index in [4.69, 9.17) is 119 Å². The molecule has 666 valence electrons. The molecule has 18 rings (SSSR count). The highest BCUT2D eigenvalue weighted by atomic mass is 79.9. The summed E-state index contributed by atoms with van der Waals surface area (Å²) < 4.78 is 33.6. The lowest BCUT2D eigenvalue weighted by atomic mass is 9.93. The highest BCUT2D eigenvalue weighted by Gasteiger charge is 2.45. The van der Waals surface area contributed by atoms with Gasteiger partial charge in [0.15, 0.2) is 69.3 Å². The van der Waals surface area contributed by atoms with Gasteiger partial charge in [0, 0.05) is 43.4 Å². The maximum atomic E-state index is 12.6. The number of carbonyl (C=O) groups is 18. The molecule has 0 aliphatic heterocycles. The van der Waals surface area contributed by atoms with Gasteiger partial charge in [-0.15, -0.1) is 0 Å². The highest BCUT2D eigenvalue weighted by Crippen LogP contribution is 2.47. The number of hydrogen-bond donors (Lipinski definition) is 0. The molecule has 42 heteroatoms. The third-order valence-electron chi connectivity index (χ3n) is 19.3. The summed E-state index contributed by atoms with van der Waals surface area (Å²) in [5, 5.41) is 1.31. The maximum absolute atomic E-state index is 12.6. The van der Waals surface area contributed by atoms with Gasteiger partial charge >= 0.3 is 0 Å². The Hall–Kier alpha value is -9.38. The predicted molar refractivity (Wildman–Crippen MR) is 525 cm³/mol. The number of halogens is 18. The Morgan fingerprint density at radius 3 is 0.714 bits per heavy atom. The largest absolute Gasteiger partial charge is 0.462 e. The molecule has 6 heterocycles. The summed E-state index contributed by atoms with van der Waals surface area (Å²) in [6, 6.07) is 36.5. The molecule has 0 saturated carbocycles. The molecule has 0 fully saturated rings. The van der Waals surface area contributed by atoms with Crippen LogP contribution in [0.5, 0.6) is 0 Å². The number of furan rings is 6. The van der Waals surface area contributed by atoms with Gasteiger partial charge in [0.1, 0.15) is 47.6 Å². The van der Waals surface area contributed by atoms with Crippen molar-refractivity contribution in [1.82, 2.24) is 0 Å². The first-order valence-electron chi connectivity index (χ1n) is 36.3. The van der Waals surface area contributed by atoms with Crippen LogP contribution in [0.1, 0.15) is 198 Å². The fourth-order valence-electron chi connectivity index (χ4n) is 12.7. The van der Waals surface area contributed by atoms with Crippen LogP contribution in [0, 0.1) is 6.92 Å². The summed E-state index contributed by atoms with van der Waals surface area (Å²) in [5.74, 6) is -11.3. The van der Waals surface area contributed by atoms with Crippen molar-refractivity contribution < 1.29 is 113 Å². The maximum Gasteiger partial charge on any atom is 0.246 e. The van der Waals surface area contributed by atoms with Crippen molar-refractivity contribution in [2.24, 2.45) is 0 Å². The van der Waals surface area contributed by atoms with E-state index in [1.165, 1.54) is 61.5 Å². The third kappa shape index (κ3) is 19.7. The minimum absolute atomic E-state index is 0.00364. The number of hydrogen-bond acceptors (Lipinski definition) is 24. The number of Topliss-reactive ketones (excluding diaryl/α,β-unsaturated/α-hetero) is 12. The summed E-state index contributed by atoms with van der Waals surface area (Å²) in [4.78, 5) is 220. The van der Waals surface area contributed by atoms with E-state index in [1.807, 2.05) is 13.0 Å². The predicted octanol–water partition coefficient (Wildman–Crippen LogP) is 26.3. The monoisotopic (exact) mass is 2580 g/mol. The van der Waals surface area contributed by atoms with Crippen LogP contribution in [0.2, 0.25) is 30.1 Å². The Labute approximate surface area is 868 Å². The summed E-state index contributed by atoms with van der Waals surface area (Å²) in [7, 11) is 0. The fraction of sp³-hybridized carbons (Fsp3) is 0.0110. The molecule has 133 heavy (non-hydrogen) atoms. The molecule has 6 aromatic carbocycles. The van der Waals surface area contributed by atoms with Crippen LogP contribution in [0.25, 0.3) is 27.4 Å². The van der Waals surface area contributed by atoms with Gasteiger partial charge in [0.05, 0.1) is 132 Å². The lowest BCUT2D eigenvalue weighted by Crippen LogP contribution is -2.22. The van der Waals surface area contributed by atoms with Gasteiger partial charge in [-0.3, -0.25) is 86.3 Å². The lowest BCUT2D eigenvalue weighted by Gasteiger charge is -2.10. The lowest BCUT2D eigenvalue weighted by molar-refractivity contribution is -0.111. The van der Waals surface area contributed by atoms with E-state index in [2.05, 4.69) is 159 Å². The number of allylic oxidation sites excluding steroid dienone is 6. The molecule has 0 spiro atoms. The summed E-state index contributed by atoms with van der Waals surface area (Å²) >= 11 is 77.7. The SMILES string of the molecule is Cc1cccc(C(=O)c2coc3c2C(=O)C(=O)C(Br)=C3Br)c1.O=C1C(=O)c2c(C(=O)c3ccc(Cl)c(Cl)c3)coc2C(Br)=C1Br.O=C1C(=O)c2c(C(=O)c3ccc(Cl)c(Cl)c3)coc2C(Cl)=C1Cl.O=C1C(=O)c2c(C(=O)c3ccc(Cl)cc3)coc2C(Br)=C1Br.O=C1C(=O)c2c(C(=O)c3ccc(Cl)cc3)coc2C(Br)=C1Br.O=C1C(=O)c2c(C(=O)c3ccccc3)coc2C(Br)=C1Br. The van der Waals surface area contributed by atoms with Crippen molar-refractivity contribution >= 4 is 384 Å². The van der Waals surface area contributed by atoms with Crippen molar-refractivity contribution in [3.05, 3.63) is 375 Å². The topological polar surface area (TPSA) is 386 Å². The van der Waals surface area contributed by atoms with E-state index in [1.54, 1.807) is 97.1 Å². The van der Waals surface area contributed by atoms with Crippen LogP contribution in [-0.2, 0) is 28.8 Å². The fourth-order valence-corrected chi connectivity index (χ4v) is 18.1. The highest BCUT2D eigenvalue weighted by molar-refractivity contribution is 9.18. The Kier molecular flexibility index (Phi) is 31.7. The van der Waals surface area contributed by atoms with Crippen LogP contribution in [-0.4, -0.2) is 104 Å². The Morgan fingerprint density at radius 1 is 0.218 bits per heavy atom. The van der Waals surface area contributed by atoms with Gasteiger partial charge in [-0.1, -0.05) is 147 Å². The Morgan fingerprint density at radius 2 is 0.444 bits per heavy atom. The van der Waals surface area contributed by atoms with Crippen molar-refractivity contribution in [3.63, 3.8) is 0 Å². The molecule has 0 unspecified atom stereocenters. The molecular formula is C91H32Br10Cl8O24. The van der Waals surface area contributed by atoms with Gasteiger partial charge in [-0.25, -0.2) is 0 Å². The number of fused-ring (bicyclic) bond motifs is 6. The van der Waals surface area contributed by atoms with Crippen molar-refractivity contribution in [2.75, 3.05) is 0 Å². The quantitative estimate of drug-likeness (QED) is 0.0809. The van der Waals surface area contributed by atoms with E-state index in [0.717, 1.165) is 18.1 Å². The van der Waals surface area contributed by atoms with Crippen molar-refractivity contribution in [3.8, 4) is 0 Å². The van der Waals surface area contributed by atoms with Gasteiger partial charge in [0.2, 0.25) is 69.4 Å². The molecule has 0 radical (unpaired) electrons. The smallest absolute Gasteiger partial charge is 0.246 e. The summed E-state index contributed by atoms with van der Waals surface area (Å²) in [5.41, 5.74) is 2.74. The van der Waals surface area contributed by atoms with Crippen LogP contribution >= 0.6 is 252 Å². The number of benzene rings is 6. The molecule has 0 atom stereocenters. The second kappa shape index (κ2) is 41.7. The summed E-state index contributed by atoms with van der Waals surface area (Å²) in [6.45, 7) is 1.87. The van der Waals surface area contributed by atoms with Gasteiger partial charge < -0.3 is 26.5 Å². The molecule has 6 aromatic heterocycles. The molecule has 24 nitrogen and oxygen atoms in total. The zero-order valence-corrected chi connectivity index (χ0v) is 86.8. The summed E-state index contributed by atoms with van der Waals surface area (Å²) in [6.07, 6.45) is 6.98. The zero-order valence-electron chi connectivity index (χ0n) is 64.8. The second-order valence-corrected chi connectivity index (χ2v) is 38.5. The standard InChI is InChI=1S/C16H8Br2O4.C15H4Br2Cl2O4.2C15H5Br2ClO4.C15H6Br2O4.C15H4Cl4O4/c1-7-3-2-4-8(5-7)13(19)9-6-22-16-10(9)14(20)15(21)11(17)12(16)18;16-10-11(17)15-9(13(21)14(10)22)6(4-23-15)12(20)5-1-2-7(18)8(19)3-5;2*16-10-11(17)15-9(13(20)14(10)21)8(5-22-15)12(19)6-1-3-7(18)4-2-6;16-10-11(17)15-9(13(19)14(10)20)8(6-21-15)12(18)7-4-2-1-3-5-7;16-7-2-1-5(3-8(7)17)12(20)6-4-23-15-9(6)13(21)14(22)10(18)11(15)19/h2-6H,1H3;1-4H;2*1-5H;1-6H;1-4H. The Balaban J connectivity index is 0.000000136. The average molecular weight is 2590 g/mol. The molecule has 0 amide bonds. The molecule has 6 aliphatic carbocycles. The first-order chi connectivity index (χ1) is 62.9. The van der Waals surface area contributed by atoms with Crippen LogP contribution in [0.3, 0.4) is 0 Å². The number of rotatable bonds is 12. The molecule has 12 aromatic rings. The molecular weight excluding hydrogens is 2560 g/mol. The van der Waals surface area contributed by atoms with Crippen LogP contribution in [0.15, 0.2) is 231 Å². The molecule has 0 saturated heterocycles. The van der Waals surface area contributed by atoms with E-state index >= 15 is 0 Å². The zero-order chi connectivity index (χ0) is 97.0. The van der Waals surface area contributed by atoms with Crippen molar-refractivity contribution in [1.29, 1.82) is 0 Å². The number of aryl methyl sites for hydroxylation is 1. The molecule has 0 bridgehead atoms. The van der Waals surface area contributed by atoms with Gasteiger partial charge in [-0.2, -0.15) is 0 Å². The van der Waals surface area contributed by atoms with E-state index in [0.29, 0.717) is 55.3 Å². The Bertz CT molecular complexity index is 7250. The van der Waals surface area contributed by atoms with E-state index in [-0.39, 0.29) is 171 Å². The van der Waals surface area contributed by atoms with Gasteiger partial charge in [0.25, 0.3) is 0 Å². The van der Waals surface area contributed by atoms with Crippen LogP contribution in [0.4, 0.5) is 0 Å². The third-order valence-corrected chi connectivity index (χ3v) is 32.3. The number of ketones is 18. The van der Waals surface area contributed by atoms with E-state index in [9.17, 15) is 86.3 Å². The van der Waals surface area contributed by atoms with E-state index < -0.39 is 97.6 Å². The minimum atomic E-state index is -0.992. The second-order valence-electron chi connectivity index (χ2n) is 27.3. The molecule has 0 N–H and O–H groups in total. The first-order valence-corrected chi connectivity index (χ1v) is 47.3. The van der Waals surface area contributed by atoms with Crippen LogP contribution < -0.4 is 0 Å². The average Bonchev–Trinajstić information content (AvgIpc) is 1.66.